The Morgan fingerprint density at radius 3 is 2.50 bits per heavy atom. The molecule has 0 aromatic carbocycles. The lowest BCUT2D eigenvalue weighted by molar-refractivity contribution is -0.0729. The molecule has 4 nitrogen and oxygen atoms in total. The smallest absolute Gasteiger partial charge is 0.213 e. The van der Waals surface area contributed by atoms with E-state index in [1.807, 2.05) is 19.1 Å². The minimum absolute atomic E-state index is 0.00896. The van der Waals surface area contributed by atoms with Crippen LogP contribution in [0.4, 0.5) is 0 Å². The van der Waals surface area contributed by atoms with Crippen molar-refractivity contribution in [1.82, 2.24) is 4.98 Å². The lowest BCUT2D eigenvalue weighted by Gasteiger charge is -2.31. The van der Waals surface area contributed by atoms with Gasteiger partial charge in [-0.2, -0.15) is 0 Å². The fourth-order valence-corrected chi connectivity index (χ4v) is 2.34. The molecular weight excluding hydrogens is 228 g/mol. The quantitative estimate of drug-likeness (QED) is 0.895. The molecule has 0 amide bonds. The average Bonchev–Trinajstić information content (AvgIpc) is 2.28. The van der Waals surface area contributed by atoms with Crippen LogP contribution in [0.5, 0.6) is 5.88 Å². The third-order valence-corrected chi connectivity index (χ3v) is 3.23. The summed E-state index contributed by atoms with van der Waals surface area (Å²) in [4.78, 5) is 4.30. The monoisotopic (exact) mass is 250 g/mol. The van der Waals surface area contributed by atoms with Gasteiger partial charge in [-0.25, -0.2) is 4.98 Å². The molecule has 1 aliphatic heterocycles. The zero-order valence-corrected chi connectivity index (χ0v) is 11.3. The summed E-state index contributed by atoms with van der Waals surface area (Å²) in [7, 11) is 0. The number of hydrogen-bond donors (Lipinski definition) is 1. The molecule has 4 heteroatoms. The highest BCUT2D eigenvalue weighted by Crippen LogP contribution is 2.23. The van der Waals surface area contributed by atoms with Crippen LogP contribution in [0.1, 0.15) is 45.2 Å². The van der Waals surface area contributed by atoms with Gasteiger partial charge in [0.1, 0.15) is 6.10 Å². The summed E-state index contributed by atoms with van der Waals surface area (Å²) in [6, 6.07) is 3.87. The summed E-state index contributed by atoms with van der Waals surface area (Å²) >= 11 is 0. The maximum atomic E-state index is 5.90. The summed E-state index contributed by atoms with van der Waals surface area (Å²) < 4.78 is 11.6. The number of aromatic nitrogens is 1. The van der Waals surface area contributed by atoms with Gasteiger partial charge in [0, 0.05) is 31.1 Å². The van der Waals surface area contributed by atoms with Crippen LogP contribution in [-0.2, 0) is 4.74 Å². The maximum absolute atomic E-state index is 5.90. The molecule has 0 bridgehead atoms. The Kier molecular flexibility index (Phi) is 4.19. The molecule has 0 saturated carbocycles. The molecule has 2 rings (SSSR count). The molecule has 2 heterocycles. The van der Waals surface area contributed by atoms with E-state index >= 15 is 0 Å². The standard InChI is InChI=1S/C14H22N2O2/c1-9-6-13(7-10(2)17-9)18-14-5-4-12(8-16-14)11(3)15/h4-5,8-11,13H,6-7,15H2,1-3H3/t9?,10?,11-,13?/m1/s1. The number of ether oxygens (including phenoxy) is 2. The molecule has 2 N–H and O–H groups in total. The second kappa shape index (κ2) is 5.67. The van der Waals surface area contributed by atoms with Crippen molar-refractivity contribution in [1.29, 1.82) is 0 Å². The molecule has 0 aliphatic carbocycles. The Bertz CT molecular complexity index is 368. The number of pyridine rings is 1. The van der Waals surface area contributed by atoms with E-state index in [-0.39, 0.29) is 24.4 Å². The Labute approximate surface area is 108 Å². The van der Waals surface area contributed by atoms with Crippen LogP contribution in [0, 0.1) is 0 Å². The summed E-state index contributed by atoms with van der Waals surface area (Å²) in [5.74, 6) is 0.672. The van der Waals surface area contributed by atoms with Crippen LogP contribution in [-0.4, -0.2) is 23.3 Å². The minimum atomic E-state index is 0.00896. The van der Waals surface area contributed by atoms with Gasteiger partial charge in [-0.15, -0.1) is 0 Å². The van der Waals surface area contributed by atoms with Crippen molar-refractivity contribution in [2.45, 2.75) is 58.0 Å². The second-order valence-electron chi connectivity index (χ2n) is 5.19. The number of nitrogens with two attached hydrogens (primary N) is 1. The van der Waals surface area contributed by atoms with Gasteiger partial charge in [0.15, 0.2) is 0 Å². The fourth-order valence-electron chi connectivity index (χ4n) is 2.34. The van der Waals surface area contributed by atoms with Crippen LogP contribution in [0.15, 0.2) is 18.3 Å². The van der Waals surface area contributed by atoms with Crippen molar-refractivity contribution >= 4 is 0 Å². The largest absolute Gasteiger partial charge is 0.474 e. The molecule has 1 aromatic rings. The highest BCUT2D eigenvalue weighted by Gasteiger charge is 2.26. The van der Waals surface area contributed by atoms with E-state index in [2.05, 4.69) is 18.8 Å². The predicted molar refractivity (Wildman–Crippen MR) is 70.5 cm³/mol. The molecule has 0 spiro atoms. The van der Waals surface area contributed by atoms with Gasteiger partial charge in [-0.05, 0) is 26.3 Å². The van der Waals surface area contributed by atoms with Crippen molar-refractivity contribution in [3.05, 3.63) is 23.9 Å². The summed E-state index contributed by atoms with van der Waals surface area (Å²) in [6.45, 7) is 6.11. The fraction of sp³-hybridized carbons (Fsp3) is 0.643. The second-order valence-corrected chi connectivity index (χ2v) is 5.19. The number of rotatable bonds is 3. The number of hydrogen-bond acceptors (Lipinski definition) is 4. The normalized spacial score (nSPS) is 29.9. The number of nitrogens with zero attached hydrogens (tertiary/aromatic N) is 1. The molecule has 1 aromatic heterocycles. The van der Waals surface area contributed by atoms with E-state index in [1.165, 1.54) is 0 Å². The van der Waals surface area contributed by atoms with Crippen molar-refractivity contribution in [2.75, 3.05) is 0 Å². The maximum Gasteiger partial charge on any atom is 0.213 e. The predicted octanol–water partition coefficient (Wildman–Crippen LogP) is 2.44. The van der Waals surface area contributed by atoms with E-state index in [9.17, 15) is 0 Å². The first-order valence-corrected chi connectivity index (χ1v) is 6.58. The van der Waals surface area contributed by atoms with Crippen LogP contribution in [0.2, 0.25) is 0 Å². The molecule has 2 unspecified atom stereocenters. The van der Waals surface area contributed by atoms with E-state index in [1.54, 1.807) is 6.20 Å². The molecular formula is C14H22N2O2. The van der Waals surface area contributed by atoms with Crippen molar-refractivity contribution < 1.29 is 9.47 Å². The highest BCUT2D eigenvalue weighted by molar-refractivity contribution is 5.20. The van der Waals surface area contributed by atoms with Gasteiger partial charge >= 0.3 is 0 Å². The summed E-state index contributed by atoms with van der Waals surface area (Å²) in [5, 5.41) is 0. The third-order valence-electron chi connectivity index (χ3n) is 3.23. The van der Waals surface area contributed by atoms with Gasteiger partial charge in [-0.1, -0.05) is 6.07 Å². The van der Waals surface area contributed by atoms with E-state index in [0.717, 1.165) is 18.4 Å². The Morgan fingerprint density at radius 2 is 2.00 bits per heavy atom. The Balaban J connectivity index is 1.96. The first-order chi connectivity index (χ1) is 8.54. The SMILES string of the molecule is CC1CC(Oc2ccc([C@@H](C)N)cn2)CC(C)O1. The molecule has 0 radical (unpaired) electrons. The van der Waals surface area contributed by atoms with Crippen LogP contribution in [0.3, 0.4) is 0 Å². The minimum Gasteiger partial charge on any atom is -0.474 e. The van der Waals surface area contributed by atoms with Gasteiger partial charge in [0.2, 0.25) is 5.88 Å². The van der Waals surface area contributed by atoms with E-state index in [0.29, 0.717) is 5.88 Å². The zero-order chi connectivity index (χ0) is 13.1. The third kappa shape index (κ3) is 3.43. The van der Waals surface area contributed by atoms with E-state index < -0.39 is 0 Å². The van der Waals surface area contributed by atoms with Crippen LogP contribution < -0.4 is 10.5 Å². The van der Waals surface area contributed by atoms with Gasteiger partial charge in [0.05, 0.1) is 12.2 Å². The summed E-state index contributed by atoms with van der Waals surface area (Å²) in [6.07, 6.45) is 4.32. The van der Waals surface area contributed by atoms with Crippen molar-refractivity contribution in [3.63, 3.8) is 0 Å². The van der Waals surface area contributed by atoms with E-state index in [4.69, 9.17) is 15.2 Å². The van der Waals surface area contributed by atoms with Gasteiger partial charge in [-0.3, -0.25) is 0 Å². The Hall–Kier alpha value is -1.13. The zero-order valence-electron chi connectivity index (χ0n) is 11.3. The van der Waals surface area contributed by atoms with Gasteiger partial charge < -0.3 is 15.2 Å². The molecule has 1 aliphatic rings. The summed E-state index contributed by atoms with van der Waals surface area (Å²) in [5.41, 5.74) is 6.81. The molecule has 100 valence electrons. The highest BCUT2D eigenvalue weighted by atomic mass is 16.5. The molecule has 1 fully saturated rings. The lowest BCUT2D eigenvalue weighted by atomic mass is 10.0. The van der Waals surface area contributed by atoms with Gasteiger partial charge in [0.25, 0.3) is 0 Å². The Morgan fingerprint density at radius 1 is 1.33 bits per heavy atom. The average molecular weight is 250 g/mol. The lowest BCUT2D eigenvalue weighted by Crippen LogP contribution is -2.35. The molecule has 3 atom stereocenters. The van der Waals surface area contributed by atoms with Crippen molar-refractivity contribution in [2.24, 2.45) is 5.73 Å². The van der Waals surface area contributed by atoms with Crippen LogP contribution in [0.25, 0.3) is 0 Å². The topological polar surface area (TPSA) is 57.4 Å². The van der Waals surface area contributed by atoms with Crippen molar-refractivity contribution in [3.8, 4) is 5.88 Å². The first kappa shape index (κ1) is 13.3. The molecule has 18 heavy (non-hydrogen) atoms. The molecule has 1 saturated heterocycles. The first-order valence-electron chi connectivity index (χ1n) is 6.58. The van der Waals surface area contributed by atoms with Crippen LogP contribution >= 0.6 is 0 Å².